The smallest absolute Gasteiger partial charge is 0.0646 e. The third-order valence-electron chi connectivity index (χ3n) is 3.82. The normalized spacial score (nSPS) is 14.1. The predicted octanol–water partition coefficient (Wildman–Crippen LogP) is 4.12. The van der Waals surface area contributed by atoms with Crippen LogP contribution in [0.1, 0.15) is 17.5 Å². The van der Waals surface area contributed by atoms with E-state index < -0.39 is 0 Å². The number of rotatable bonds is 2. The van der Waals surface area contributed by atoms with Crippen molar-refractivity contribution in [3.05, 3.63) is 53.6 Å². The second-order valence-corrected chi connectivity index (χ2v) is 5.15. The van der Waals surface area contributed by atoms with E-state index in [0.717, 1.165) is 6.54 Å². The molecule has 1 heterocycles. The molecule has 3 rings (SSSR count). The van der Waals surface area contributed by atoms with Crippen LogP contribution < -0.4 is 10.2 Å². The average molecular weight is 252 g/mol. The fraction of sp³-hybridized carbons (Fsp3) is 0.294. The zero-order chi connectivity index (χ0) is 13.2. The molecule has 0 radical (unpaired) electrons. The van der Waals surface area contributed by atoms with E-state index in [9.17, 15) is 0 Å². The zero-order valence-electron chi connectivity index (χ0n) is 11.6. The highest BCUT2D eigenvalue weighted by atomic mass is 15.2. The molecule has 0 saturated heterocycles. The van der Waals surface area contributed by atoms with E-state index in [-0.39, 0.29) is 0 Å². The Morgan fingerprint density at radius 2 is 1.89 bits per heavy atom. The summed E-state index contributed by atoms with van der Waals surface area (Å²) in [6.45, 7) is 3.23. The maximum absolute atomic E-state index is 3.32. The quantitative estimate of drug-likeness (QED) is 0.865. The van der Waals surface area contributed by atoms with Gasteiger partial charge in [-0.1, -0.05) is 24.3 Å². The lowest BCUT2D eigenvalue weighted by Crippen LogP contribution is -2.25. The molecule has 0 bridgehead atoms. The number of nitrogens with one attached hydrogen (secondary N) is 1. The van der Waals surface area contributed by atoms with Gasteiger partial charge >= 0.3 is 0 Å². The van der Waals surface area contributed by atoms with Gasteiger partial charge in [0.2, 0.25) is 0 Å². The van der Waals surface area contributed by atoms with E-state index in [0.29, 0.717) is 0 Å². The molecule has 0 amide bonds. The second-order valence-electron chi connectivity index (χ2n) is 5.15. The van der Waals surface area contributed by atoms with Crippen molar-refractivity contribution in [2.24, 2.45) is 0 Å². The summed E-state index contributed by atoms with van der Waals surface area (Å²) in [5.74, 6) is 0. The Morgan fingerprint density at radius 1 is 1.05 bits per heavy atom. The molecular weight excluding hydrogens is 232 g/mol. The number of hydrogen-bond donors (Lipinski definition) is 1. The van der Waals surface area contributed by atoms with Gasteiger partial charge in [-0.3, -0.25) is 0 Å². The van der Waals surface area contributed by atoms with Crippen LogP contribution in [-0.2, 0) is 6.42 Å². The van der Waals surface area contributed by atoms with Crippen LogP contribution in [0, 0.1) is 6.92 Å². The largest absolute Gasteiger partial charge is 0.386 e. The minimum Gasteiger partial charge on any atom is -0.386 e. The van der Waals surface area contributed by atoms with Gasteiger partial charge in [-0.2, -0.15) is 0 Å². The second kappa shape index (κ2) is 4.96. The molecule has 0 spiro atoms. The molecule has 1 aliphatic heterocycles. The Balaban J connectivity index is 2.09. The summed E-state index contributed by atoms with van der Waals surface area (Å²) in [7, 11) is 1.99. The van der Waals surface area contributed by atoms with Crippen molar-refractivity contribution >= 4 is 17.1 Å². The topological polar surface area (TPSA) is 15.3 Å². The van der Waals surface area contributed by atoms with Gasteiger partial charge in [0.05, 0.1) is 11.4 Å². The lowest BCUT2D eigenvalue weighted by atomic mass is 10.0. The van der Waals surface area contributed by atoms with Crippen molar-refractivity contribution in [1.82, 2.24) is 0 Å². The molecule has 2 aromatic rings. The highest BCUT2D eigenvalue weighted by Gasteiger charge is 2.19. The van der Waals surface area contributed by atoms with Gasteiger partial charge in [0.1, 0.15) is 0 Å². The number of aryl methyl sites for hydroxylation is 2. The van der Waals surface area contributed by atoms with Crippen LogP contribution in [0.2, 0.25) is 0 Å². The Labute approximate surface area is 115 Å². The first-order valence-corrected chi connectivity index (χ1v) is 6.93. The van der Waals surface area contributed by atoms with E-state index in [2.05, 4.69) is 59.6 Å². The standard InChI is InChI=1S/C17H20N2/c1-13-9-10-17(15(12-13)18-2)19-11-5-7-14-6-3-4-8-16(14)19/h3-4,6,8-10,12,18H,5,7,11H2,1-2H3. The molecule has 0 fully saturated rings. The molecule has 2 nitrogen and oxygen atoms in total. The third-order valence-corrected chi connectivity index (χ3v) is 3.82. The zero-order valence-corrected chi connectivity index (χ0v) is 11.6. The van der Waals surface area contributed by atoms with Crippen molar-refractivity contribution in [2.45, 2.75) is 19.8 Å². The van der Waals surface area contributed by atoms with Crippen LogP contribution in [0.15, 0.2) is 42.5 Å². The number of nitrogens with zero attached hydrogens (tertiary/aromatic N) is 1. The van der Waals surface area contributed by atoms with Crippen LogP contribution in [0.5, 0.6) is 0 Å². The van der Waals surface area contributed by atoms with Gasteiger partial charge in [0, 0.05) is 19.3 Å². The summed E-state index contributed by atoms with van der Waals surface area (Å²) in [6.07, 6.45) is 2.40. The Kier molecular flexibility index (Phi) is 3.16. The fourth-order valence-corrected chi connectivity index (χ4v) is 2.87. The summed E-state index contributed by atoms with van der Waals surface area (Å²) in [5, 5.41) is 3.32. The first-order valence-electron chi connectivity index (χ1n) is 6.93. The molecular formula is C17H20N2. The highest BCUT2D eigenvalue weighted by Crippen LogP contribution is 2.37. The molecule has 2 aromatic carbocycles. The van der Waals surface area contributed by atoms with Crippen molar-refractivity contribution in [3.63, 3.8) is 0 Å². The van der Waals surface area contributed by atoms with Gasteiger partial charge in [-0.05, 0) is 49.1 Å². The van der Waals surface area contributed by atoms with E-state index in [4.69, 9.17) is 0 Å². The molecule has 0 aliphatic carbocycles. The Hall–Kier alpha value is -1.96. The summed E-state index contributed by atoms with van der Waals surface area (Å²) < 4.78 is 0. The van der Waals surface area contributed by atoms with E-state index in [1.165, 1.54) is 41.0 Å². The maximum Gasteiger partial charge on any atom is 0.0646 e. The number of hydrogen-bond acceptors (Lipinski definition) is 2. The third kappa shape index (κ3) is 2.19. The van der Waals surface area contributed by atoms with Crippen molar-refractivity contribution < 1.29 is 0 Å². The molecule has 19 heavy (non-hydrogen) atoms. The van der Waals surface area contributed by atoms with Crippen LogP contribution in [0.3, 0.4) is 0 Å². The van der Waals surface area contributed by atoms with E-state index in [1.54, 1.807) is 0 Å². The monoisotopic (exact) mass is 252 g/mol. The van der Waals surface area contributed by atoms with Gasteiger partial charge in [-0.25, -0.2) is 0 Å². The highest BCUT2D eigenvalue weighted by molar-refractivity contribution is 5.78. The molecule has 1 aliphatic rings. The minimum absolute atomic E-state index is 1.09. The summed E-state index contributed by atoms with van der Waals surface area (Å²) in [4.78, 5) is 2.43. The van der Waals surface area contributed by atoms with Gasteiger partial charge in [0.15, 0.2) is 0 Å². The van der Waals surface area contributed by atoms with Crippen LogP contribution in [0.4, 0.5) is 17.1 Å². The number of benzene rings is 2. The van der Waals surface area contributed by atoms with Crippen molar-refractivity contribution in [2.75, 3.05) is 23.8 Å². The fourth-order valence-electron chi connectivity index (χ4n) is 2.87. The molecule has 0 aromatic heterocycles. The predicted molar refractivity (Wildman–Crippen MR) is 82.5 cm³/mol. The van der Waals surface area contributed by atoms with E-state index >= 15 is 0 Å². The summed E-state index contributed by atoms with van der Waals surface area (Å²) in [5.41, 5.74) is 6.58. The molecule has 0 saturated carbocycles. The summed E-state index contributed by atoms with van der Waals surface area (Å²) in [6, 6.07) is 15.4. The number of para-hydroxylation sites is 1. The SMILES string of the molecule is CNc1cc(C)ccc1N1CCCc2ccccc21. The van der Waals surface area contributed by atoms with E-state index in [1.807, 2.05) is 7.05 Å². The van der Waals surface area contributed by atoms with Crippen molar-refractivity contribution in [3.8, 4) is 0 Å². The molecule has 98 valence electrons. The van der Waals surface area contributed by atoms with Crippen LogP contribution >= 0.6 is 0 Å². The van der Waals surface area contributed by atoms with Crippen LogP contribution in [0.25, 0.3) is 0 Å². The summed E-state index contributed by atoms with van der Waals surface area (Å²) >= 11 is 0. The van der Waals surface area contributed by atoms with Gasteiger partial charge < -0.3 is 10.2 Å². The first kappa shape index (κ1) is 12.1. The Morgan fingerprint density at radius 3 is 2.74 bits per heavy atom. The number of anilines is 3. The Bertz CT molecular complexity index is 590. The maximum atomic E-state index is 3.32. The molecule has 2 heteroatoms. The molecule has 1 N–H and O–H groups in total. The molecule has 0 unspecified atom stereocenters. The lowest BCUT2D eigenvalue weighted by molar-refractivity contribution is 0.767. The minimum atomic E-state index is 1.09. The molecule has 0 atom stereocenters. The van der Waals surface area contributed by atoms with Crippen LogP contribution in [-0.4, -0.2) is 13.6 Å². The van der Waals surface area contributed by atoms with Crippen molar-refractivity contribution in [1.29, 1.82) is 0 Å². The van der Waals surface area contributed by atoms with Gasteiger partial charge in [-0.15, -0.1) is 0 Å². The average Bonchev–Trinajstić information content (AvgIpc) is 2.46. The van der Waals surface area contributed by atoms with Gasteiger partial charge in [0.25, 0.3) is 0 Å². The lowest BCUT2D eigenvalue weighted by Gasteiger charge is -2.32. The number of fused-ring (bicyclic) bond motifs is 1. The first-order chi connectivity index (χ1) is 9.29.